The zero-order valence-corrected chi connectivity index (χ0v) is 21.7. The monoisotopic (exact) mass is 588 g/mol. The van der Waals surface area contributed by atoms with E-state index >= 15 is 4.39 Å². The van der Waals surface area contributed by atoms with Crippen molar-refractivity contribution in [3.8, 4) is 23.0 Å². The molecule has 0 fully saturated rings. The summed E-state index contributed by atoms with van der Waals surface area (Å²) in [6, 6.07) is -2.86. The number of amides is 1. The molecule has 0 aliphatic carbocycles. The van der Waals surface area contributed by atoms with E-state index in [0.717, 1.165) is 0 Å². The summed E-state index contributed by atoms with van der Waals surface area (Å²) in [6.45, 7) is -12.2. The van der Waals surface area contributed by atoms with E-state index in [4.69, 9.17) is 35.4 Å². The number of pyridine rings is 1. The molecule has 1 aromatic carbocycles. The molecule has 4 rings (SSSR count). The summed E-state index contributed by atoms with van der Waals surface area (Å²) in [6.07, 6.45) is -0.590. The minimum absolute atomic E-state index is 0.0494. The number of phosphoric ester groups is 1. The Morgan fingerprint density at radius 2 is 1.85 bits per heavy atom. The van der Waals surface area contributed by atoms with Crippen molar-refractivity contribution in [3.63, 3.8) is 0 Å². The molecule has 0 unspecified atom stereocenters. The van der Waals surface area contributed by atoms with Crippen LogP contribution in [-0.2, 0) is 26.7 Å². The van der Waals surface area contributed by atoms with Crippen molar-refractivity contribution >= 4 is 19.5 Å². The number of nitrogens with zero attached hydrogens (tertiary/aromatic N) is 4. The van der Waals surface area contributed by atoms with E-state index in [1.54, 1.807) is 0 Å². The average Bonchev–Trinajstić information content (AvgIpc) is 3.00. The molecule has 0 bridgehead atoms. The Balaban J connectivity index is 1.91. The van der Waals surface area contributed by atoms with Crippen molar-refractivity contribution in [2.75, 3.05) is 32.9 Å². The lowest BCUT2D eigenvalue weighted by atomic mass is 10.1. The van der Waals surface area contributed by atoms with Crippen molar-refractivity contribution in [3.05, 3.63) is 59.0 Å². The second-order valence-electron chi connectivity index (χ2n) is 7.78. The molecule has 0 N–H and O–H groups in total. The summed E-state index contributed by atoms with van der Waals surface area (Å²) in [5.41, 5.74) is -5.36. The molecule has 1 aliphatic rings. The maximum atomic E-state index is 15.2. The zero-order valence-electron chi connectivity index (χ0n) is 32.8. The second-order valence-corrected chi connectivity index (χ2v) is 8.85. The lowest BCUT2D eigenvalue weighted by Crippen LogP contribution is -2.53. The van der Waals surface area contributed by atoms with Gasteiger partial charge in [-0.25, -0.2) is 19.3 Å². The first kappa shape index (κ1) is 17.1. The van der Waals surface area contributed by atoms with Gasteiger partial charge in [0.1, 0.15) is 12.5 Å². The van der Waals surface area contributed by atoms with Gasteiger partial charge in [0.2, 0.25) is 5.75 Å². The smallest absolute Gasteiger partial charge is 0.273 e. The molecule has 3 aromatic rings. The van der Waals surface area contributed by atoms with Gasteiger partial charge in [0.05, 0.1) is 49.3 Å². The summed E-state index contributed by atoms with van der Waals surface area (Å²) in [5, 5.41) is 0. The number of aromatic nitrogens is 3. The molecular weight excluding hydrogens is 550 g/mol. The molecule has 0 saturated carbocycles. The van der Waals surface area contributed by atoms with E-state index in [9.17, 15) is 19.1 Å². The first-order valence-electron chi connectivity index (χ1n) is 16.8. The minimum Gasteiger partial charge on any atom is -0.790 e. The highest BCUT2D eigenvalue weighted by atomic mass is 31.2. The van der Waals surface area contributed by atoms with Crippen molar-refractivity contribution in [1.82, 2.24) is 15.0 Å². The average molecular weight is 589 g/mol. The Morgan fingerprint density at radius 1 is 1.15 bits per heavy atom. The van der Waals surface area contributed by atoms with Gasteiger partial charge in [0.15, 0.2) is 34.5 Å². The summed E-state index contributed by atoms with van der Waals surface area (Å²) >= 11 is 0. The number of anilines is 1. The number of fused-ring (bicyclic) bond motifs is 1. The molecule has 15 heteroatoms. The number of carbonyl (C=O) groups is 1. The van der Waals surface area contributed by atoms with E-state index in [-0.39, 0.29) is 40.7 Å². The van der Waals surface area contributed by atoms with Gasteiger partial charge in [-0.3, -0.25) is 9.69 Å². The van der Waals surface area contributed by atoms with Gasteiger partial charge in [-0.05, 0) is 43.4 Å². The first-order chi connectivity index (χ1) is 23.8. The molecule has 3 heterocycles. The number of phosphoric acid groups is 1. The van der Waals surface area contributed by atoms with Crippen LogP contribution in [0.2, 0.25) is 0 Å². The third kappa shape index (κ3) is 6.31. The second kappa shape index (κ2) is 11.3. The maximum Gasteiger partial charge on any atom is 0.273 e. The molecule has 0 radical (unpaired) electrons. The zero-order chi connectivity index (χ0) is 39.5. The summed E-state index contributed by atoms with van der Waals surface area (Å²) in [7, 11) is -2.65. The molecule has 40 heavy (non-hydrogen) atoms. The Morgan fingerprint density at radius 3 is 2.45 bits per heavy atom. The Kier molecular flexibility index (Phi) is 4.84. The third-order valence-corrected chi connectivity index (χ3v) is 5.37. The molecule has 1 amide bonds. The lowest BCUT2D eigenvalue weighted by Gasteiger charge is -2.39. The minimum atomic E-state index is -6.39. The van der Waals surface area contributed by atoms with Gasteiger partial charge in [0.25, 0.3) is 5.91 Å². The maximum absolute atomic E-state index is 15.2. The van der Waals surface area contributed by atoms with Gasteiger partial charge in [-0.2, -0.15) is 0 Å². The molecule has 1 aliphatic heterocycles. The number of carbonyl (C=O) groups excluding carboxylic acids is 1. The highest BCUT2D eigenvalue weighted by Gasteiger charge is 2.42. The highest BCUT2D eigenvalue weighted by Crippen LogP contribution is 2.39. The van der Waals surface area contributed by atoms with Gasteiger partial charge < -0.3 is 37.8 Å². The van der Waals surface area contributed by atoms with E-state index in [1.165, 1.54) is 21.3 Å². The van der Waals surface area contributed by atoms with Crippen LogP contribution in [0.25, 0.3) is 0 Å². The third-order valence-electron chi connectivity index (χ3n) is 5.07. The normalized spacial score (nSPS) is 19.8. The SMILES string of the molecule is [2H]c1c(Cc2nc(Cc3c([2H])c(OC)c(OC)c(OC)c3[2H])ncc2F)nc2c(c1[2H])OC(C([2H])([2H])[2H])(C([2H])([2H])[2H])C(=O)N2C([2H])([2H])OP(=O)([O-])[O-]. The van der Waals surface area contributed by atoms with Gasteiger partial charge in [0, 0.05) is 26.8 Å². The first-order valence-corrected chi connectivity index (χ1v) is 12.3. The Hall–Kier alpha value is -3.84. The number of methoxy groups -OCH3 is 3. The number of hydrogen-bond acceptors (Lipinski definition) is 12. The van der Waals surface area contributed by atoms with Crippen molar-refractivity contribution < 1.29 is 63.5 Å². The fourth-order valence-electron chi connectivity index (χ4n) is 3.38. The van der Waals surface area contributed by atoms with E-state index in [0.29, 0.717) is 6.20 Å². The van der Waals surface area contributed by atoms with Crippen LogP contribution in [0.1, 0.15) is 52.9 Å². The topological polar surface area (TPSA) is 168 Å². The summed E-state index contributed by atoms with van der Waals surface area (Å²) in [4.78, 5) is 47.9. The van der Waals surface area contributed by atoms with Crippen LogP contribution in [0.15, 0.2) is 30.4 Å². The number of rotatable bonds is 10. The quantitative estimate of drug-likeness (QED) is 0.314. The van der Waals surface area contributed by atoms with Crippen LogP contribution in [0.5, 0.6) is 23.0 Å². The van der Waals surface area contributed by atoms with Crippen molar-refractivity contribution in [2.24, 2.45) is 0 Å². The van der Waals surface area contributed by atoms with Crippen LogP contribution >= 0.6 is 7.82 Å². The van der Waals surface area contributed by atoms with Gasteiger partial charge >= 0.3 is 0 Å². The molecule has 0 saturated heterocycles. The van der Waals surface area contributed by atoms with Crippen LogP contribution in [0.4, 0.5) is 10.2 Å². The summed E-state index contributed by atoms with van der Waals surface area (Å²) < 4.78 is 149. The predicted octanol–water partition coefficient (Wildman–Crippen LogP) is 1.52. The van der Waals surface area contributed by atoms with Crippen LogP contribution < -0.4 is 33.6 Å². The molecular formula is C25H26FN4O9P-2. The van der Waals surface area contributed by atoms with Gasteiger partial charge in [-0.1, -0.05) is 0 Å². The molecule has 2 aromatic heterocycles. The summed E-state index contributed by atoms with van der Waals surface area (Å²) in [5.74, 6) is -6.55. The number of halogens is 1. The lowest BCUT2D eigenvalue weighted by molar-refractivity contribution is -0.341. The van der Waals surface area contributed by atoms with Crippen LogP contribution in [0, 0.1) is 5.82 Å². The fourth-order valence-corrected chi connectivity index (χ4v) is 3.56. The van der Waals surface area contributed by atoms with E-state index in [1.807, 2.05) is 0 Å². The molecule has 13 nitrogen and oxygen atoms in total. The van der Waals surface area contributed by atoms with Crippen molar-refractivity contribution in [1.29, 1.82) is 0 Å². The number of benzene rings is 1. The van der Waals surface area contributed by atoms with Crippen molar-refractivity contribution in [2.45, 2.75) is 32.1 Å². The fraction of sp³-hybridized carbons (Fsp3) is 0.360. The Labute approximate surface area is 246 Å². The van der Waals surface area contributed by atoms with Gasteiger partial charge in [-0.15, -0.1) is 0 Å². The standard InChI is InChI=1S/C25H28FN4O9P/c1-25(2)24(31)30(13-38-40(32,33)34)23-18(39-25)7-6-15(28-23)11-17-16(26)12-27-21(29-17)10-14-8-19(35-3)22(37-5)20(9-14)36-4/h6-9,12H,10-11,13H2,1-5H3,(H2,32,33,34)/p-2/i1D3,2D3,6D,7D,8D,9D,13D2. The van der Waals surface area contributed by atoms with Crippen LogP contribution in [0.3, 0.4) is 0 Å². The molecule has 214 valence electrons. The number of hydrogen-bond donors (Lipinski definition) is 0. The van der Waals surface area contributed by atoms with E-state index in [2.05, 4.69) is 19.5 Å². The Bertz CT molecular complexity index is 1940. The predicted molar refractivity (Wildman–Crippen MR) is 134 cm³/mol. The largest absolute Gasteiger partial charge is 0.790 e. The van der Waals surface area contributed by atoms with Crippen LogP contribution in [-0.4, -0.2) is 54.5 Å². The number of ether oxygens (including phenoxy) is 4. The molecule has 0 atom stereocenters. The van der Waals surface area contributed by atoms with E-state index < -0.39 is 98.3 Å². The molecule has 0 spiro atoms. The highest BCUT2D eigenvalue weighted by molar-refractivity contribution is 7.43.